The summed E-state index contributed by atoms with van der Waals surface area (Å²) in [4.78, 5) is 13.1. The fourth-order valence-corrected chi connectivity index (χ4v) is 5.06. The first-order chi connectivity index (χ1) is 15.8. The summed E-state index contributed by atoms with van der Waals surface area (Å²) in [5.41, 5.74) is 3.49. The average Bonchev–Trinajstić information content (AvgIpc) is 2.81. The van der Waals surface area contributed by atoms with Crippen LogP contribution in [0.3, 0.4) is 0 Å². The van der Waals surface area contributed by atoms with Crippen molar-refractivity contribution in [1.82, 2.24) is 0 Å². The van der Waals surface area contributed by atoms with Crippen LogP contribution in [0, 0.1) is 0 Å². The van der Waals surface area contributed by atoms with Crippen LogP contribution < -0.4 is 9.47 Å². The standard InChI is InChI=1S/C27H32O5Si/c1-29-19-31-23-13-11-20(12-14-23)26(32-27(28)21-9-7-6-8-10-21)25-16-15-24(30-2)17-22(25)18-33(3,4)5/h6-17,26H,18-19H2,1-5H3. The van der Waals surface area contributed by atoms with Crippen LogP contribution in [0.5, 0.6) is 11.5 Å². The molecule has 6 heteroatoms. The molecule has 0 aliphatic rings. The Bertz CT molecular complexity index is 1040. The van der Waals surface area contributed by atoms with Gasteiger partial charge in [-0.25, -0.2) is 4.79 Å². The van der Waals surface area contributed by atoms with E-state index in [-0.39, 0.29) is 12.8 Å². The third kappa shape index (κ3) is 6.94. The third-order valence-electron chi connectivity index (χ3n) is 5.11. The number of esters is 1. The monoisotopic (exact) mass is 464 g/mol. The van der Waals surface area contributed by atoms with E-state index >= 15 is 0 Å². The van der Waals surface area contributed by atoms with Gasteiger partial charge in [-0.1, -0.05) is 56.0 Å². The van der Waals surface area contributed by atoms with Crippen molar-refractivity contribution in [3.63, 3.8) is 0 Å². The highest BCUT2D eigenvalue weighted by Crippen LogP contribution is 2.34. The molecular formula is C27H32O5Si. The Balaban J connectivity index is 2.04. The predicted molar refractivity (Wildman–Crippen MR) is 133 cm³/mol. The number of hydrogen-bond donors (Lipinski definition) is 0. The van der Waals surface area contributed by atoms with Gasteiger partial charge in [0.15, 0.2) is 12.9 Å². The summed E-state index contributed by atoms with van der Waals surface area (Å²) in [6.07, 6.45) is -0.563. The predicted octanol–water partition coefficient (Wildman–Crippen LogP) is 6.04. The van der Waals surface area contributed by atoms with Gasteiger partial charge in [-0.05, 0) is 53.6 Å². The quantitative estimate of drug-likeness (QED) is 0.208. The van der Waals surface area contributed by atoms with Crippen LogP contribution in [-0.2, 0) is 15.5 Å². The maximum atomic E-state index is 13.1. The molecule has 0 saturated carbocycles. The summed E-state index contributed by atoms with van der Waals surface area (Å²) in [5, 5.41) is 0. The van der Waals surface area contributed by atoms with E-state index in [2.05, 4.69) is 25.7 Å². The number of hydrogen-bond acceptors (Lipinski definition) is 5. The van der Waals surface area contributed by atoms with Crippen LogP contribution in [0.15, 0.2) is 72.8 Å². The molecule has 0 fully saturated rings. The molecule has 3 aromatic carbocycles. The van der Waals surface area contributed by atoms with Crippen molar-refractivity contribution in [1.29, 1.82) is 0 Å². The van der Waals surface area contributed by atoms with Gasteiger partial charge in [-0.15, -0.1) is 0 Å². The summed E-state index contributed by atoms with van der Waals surface area (Å²) < 4.78 is 22.1. The summed E-state index contributed by atoms with van der Waals surface area (Å²) in [6.45, 7) is 7.14. The highest BCUT2D eigenvalue weighted by molar-refractivity contribution is 6.75. The Morgan fingerprint density at radius 3 is 2.15 bits per heavy atom. The Morgan fingerprint density at radius 1 is 0.879 bits per heavy atom. The topological polar surface area (TPSA) is 54.0 Å². The smallest absolute Gasteiger partial charge is 0.339 e. The molecule has 5 nitrogen and oxygen atoms in total. The second-order valence-corrected chi connectivity index (χ2v) is 14.5. The maximum Gasteiger partial charge on any atom is 0.339 e. The van der Waals surface area contributed by atoms with Gasteiger partial charge in [-0.3, -0.25) is 0 Å². The van der Waals surface area contributed by atoms with Crippen molar-refractivity contribution in [2.75, 3.05) is 21.0 Å². The first kappa shape index (κ1) is 24.5. The minimum absolute atomic E-state index is 0.171. The Morgan fingerprint density at radius 2 is 1.55 bits per heavy atom. The molecule has 1 atom stereocenters. The molecule has 0 heterocycles. The third-order valence-corrected chi connectivity index (χ3v) is 6.56. The fourth-order valence-electron chi connectivity index (χ4n) is 3.62. The van der Waals surface area contributed by atoms with Gasteiger partial charge in [0, 0.05) is 20.7 Å². The molecule has 174 valence electrons. The van der Waals surface area contributed by atoms with Gasteiger partial charge in [0.05, 0.1) is 12.7 Å². The summed E-state index contributed by atoms with van der Waals surface area (Å²) in [5.74, 6) is 1.12. The molecular weight excluding hydrogens is 432 g/mol. The SMILES string of the molecule is COCOc1ccc(C(OC(=O)c2ccccc2)c2ccc(OC)cc2C[Si](C)(C)C)cc1. The number of carbonyl (C=O) groups excluding carboxylic acids is 1. The van der Waals surface area contributed by atoms with E-state index in [1.54, 1.807) is 26.4 Å². The molecule has 0 spiro atoms. The lowest BCUT2D eigenvalue weighted by Gasteiger charge is -2.25. The largest absolute Gasteiger partial charge is 0.497 e. The molecule has 0 radical (unpaired) electrons. The van der Waals surface area contributed by atoms with Gasteiger partial charge in [0.25, 0.3) is 0 Å². The van der Waals surface area contributed by atoms with Crippen LogP contribution in [0.25, 0.3) is 0 Å². The van der Waals surface area contributed by atoms with Crippen LogP contribution in [-0.4, -0.2) is 35.1 Å². The molecule has 33 heavy (non-hydrogen) atoms. The minimum atomic E-state index is -1.47. The summed E-state index contributed by atoms with van der Waals surface area (Å²) in [7, 11) is 1.78. The molecule has 0 saturated heterocycles. The van der Waals surface area contributed by atoms with Crippen molar-refractivity contribution in [2.45, 2.75) is 31.8 Å². The zero-order valence-corrected chi connectivity index (χ0v) is 21.0. The Kier molecular flexibility index (Phi) is 8.30. The lowest BCUT2D eigenvalue weighted by molar-refractivity contribution is 0.0376. The van der Waals surface area contributed by atoms with E-state index in [1.165, 1.54) is 0 Å². The van der Waals surface area contributed by atoms with E-state index in [4.69, 9.17) is 18.9 Å². The molecule has 0 aliphatic heterocycles. The Hall–Kier alpha value is -3.09. The van der Waals surface area contributed by atoms with Gasteiger partial charge in [0.1, 0.15) is 11.5 Å². The average molecular weight is 465 g/mol. The minimum Gasteiger partial charge on any atom is -0.497 e. The van der Waals surface area contributed by atoms with E-state index < -0.39 is 14.2 Å². The zero-order valence-electron chi connectivity index (χ0n) is 20.0. The lowest BCUT2D eigenvalue weighted by atomic mass is 9.96. The summed E-state index contributed by atoms with van der Waals surface area (Å²) in [6, 6.07) is 23.6. The number of rotatable bonds is 10. The number of ether oxygens (including phenoxy) is 4. The van der Waals surface area contributed by atoms with Crippen molar-refractivity contribution < 1.29 is 23.7 Å². The molecule has 0 bridgehead atoms. The van der Waals surface area contributed by atoms with Crippen molar-refractivity contribution in [3.8, 4) is 11.5 Å². The van der Waals surface area contributed by atoms with Crippen LogP contribution >= 0.6 is 0 Å². The number of methoxy groups -OCH3 is 2. The first-order valence-corrected chi connectivity index (χ1v) is 14.7. The van der Waals surface area contributed by atoms with Crippen LogP contribution in [0.4, 0.5) is 0 Å². The van der Waals surface area contributed by atoms with E-state index in [9.17, 15) is 4.79 Å². The second-order valence-electron chi connectivity index (χ2n) is 9.07. The van der Waals surface area contributed by atoms with E-state index in [1.807, 2.05) is 54.6 Å². The van der Waals surface area contributed by atoms with E-state index in [0.29, 0.717) is 11.3 Å². The van der Waals surface area contributed by atoms with Crippen LogP contribution in [0.2, 0.25) is 19.6 Å². The van der Waals surface area contributed by atoms with Crippen LogP contribution in [0.1, 0.15) is 33.2 Å². The molecule has 3 aromatic rings. The van der Waals surface area contributed by atoms with Crippen molar-refractivity contribution in [3.05, 3.63) is 95.1 Å². The molecule has 3 rings (SSSR count). The van der Waals surface area contributed by atoms with Crippen molar-refractivity contribution >= 4 is 14.0 Å². The van der Waals surface area contributed by atoms with Gasteiger partial charge < -0.3 is 18.9 Å². The molecule has 1 unspecified atom stereocenters. The zero-order chi connectivity index (χ0) is 23.8. The molecule has 0 N–H and O–H groups in total. The van der Waals surface area contributed by atoms with Gasteiger partial charge in [-0.2, -0.15) is 0 Å². The lowest BCUT2D eigenvalue weighted by Crippen LogP contribution is -2.25. The molecule has 0 aromatic heterocycles. The number of benzene rings is 3. The molecule has 0 amide bonds. The maximum absolute atomic E-state index is 13.1. The fraction of sp³-hybridized carbons (Fsp3) is 0.296. The number of carbonyl (C=O) groups is 1. The highest BCUT2D eigenvalue weighted by atomic mass is 28.3. The highest BCUT2D eigenvalue weighted by Gasteiger charge is 2.26. The second kappa shape index (κ2) is 11.2. The van der Waals surface area contributed by atoms with Gasteiger partial charge in [0.2, 0.25) is 0 Å². The normalized spacial score (nSPS) is 12.2. The Labute approximate surface area is 197 Å². The summed E-state index contributed by atoms with van der Waals surface area (Å²) >= 11 is 0. The van der Waals surface area contributed by atoms with Crippen molar-refractivity contribution in [2.24, 2.45) is 0 Å². The first-order valence-electron chi connectivity index (χ1n) is 11.0. The molecule has 0 aliphatic carbocycles. The van der Waals surface area contributed by atoms with Gasteiger partial charge >= 0.3 is 5.97 Å². The van der Waals surface area contributed by atoms with E-state index in [0.717, 1.165) is 28.5 Å².